The Balaban J connectivity index is 1.61. The number of aryl methyl sites for hydroxylation is 3. The number of nitrogens with zero attached hydrogens (tertiary/aromatic N) is 3. The maximum Gasteiger partial charge on any atom is 0.259 e. The van der Waals surface area contributed by atoms with Crippen molar-refractivity contribution in [1.82, 2.24) is 20.3 Å². The van der Waals surface area contributed by atoms with Gasteiger partial charge in [0.25, 0.3) is 11.6 Å². The number of benzene rings is 1. The van der Waals surface area contributed by atoms with Crippen LogP contribution in [-0.2, 0) is 0 Å². The Kier molecular flexibility index (Phi) is 3.73. The highest BCUT2D eigenvalue weighted by molar-refractivity contribution is 6.13. The van der Waals surface area contributed by atoms with Crippen molar-refractivity contribution in [2.75, 3.05) is 5.32 Å². The van der Waals surface area contributed by atoms with Gasteiger partial charge >= 0.3 is 0 Å². The molecule has 5 aromatic rings. The lowest BCUT2D eigenvalue weighted by Gasteiger charge is -2.08. The largest absolute Gasteiger partial charge is 0.466 e. The molecule has 144 valence electrons. The molecule has 0 saturated heterocycles. The molecule has 4 aromatic heterocycles. The van der Waals surface area contributed by atoms with Gasteiger partial charge in [0.2, 0.25) is 0 Å². The van der Waals surface area contributed by atoms with Crippen molar-refractivity contribution in [3.8, 4) is 11.3 Å². The molecule has 1 aromatic carbocycles. The normalized spacial score (nSPS) is 11.4. The van der Waals surface area contributed by atoms with Gasteiger partial charge in [0.1, 0.15) is 11.5 Å². The van der Waals surface area contributed by atoms with Crippen molar-refractivity contribution in [2.45, 2.75) is 20.8 Å². The molecule has 1 amide bonds. The van der Waals surface area contributed by atoms with E-state index in [0.29, 0.717) is 33.7 Å². The molecule has 0 unspecified atom stereocenters. The number of rotatable bonds is 3. The molecule has 29 heavy (non-hydrogen) atoms. The van der Waals surface area contributed by atoms with Crippen LogP contribution >= 0.6 is 0 Å². The topological polar surface area (TPSA) is 110 Å². The summed E-state index contributed by atoms with van der Waals surface area (Å²) in [6.45, 7) is 5.52. The number of furan rings is 1. The average molecular weight is 387 g/mol. The van der Waals surface area contributed by atoms with Crippen LogP contribution in [0, 0.1) is 20.8 Å². The molecule has 2 N–H and O–H groups in total. The molecule has 0 aliphatic rings. The number of pyridine rings is 1. The Hall–Kier alpha value is -3.94. The second kappa shape index (κ2) is 6.30. The molecule has 0 radical (unpaired) electrons. The van der Waals surface area contributed by atoms with Gasteiger partial charge in [-0.25, -0.2) is 4.98 Å². The van der Waals surface area contributed by atoms with Gasteiger partial charge in [0.05, 0.1) is 34.1 Å². The maximum atomic E-state index is 13.2. The predicted octanol–water partition coefficient (Wildman–Crippen LogP) is 4.54. The Morgan fingerprint density at radius 2 is 2.00 bits per heavy atom. The van der Waals surface area contributed by atoms with Gasteiger partial charge in [-0.2, -0.15) is 5.10 Å². The lowest BCUT2D eigenvalue weighted by Crippen LogP contribution is -2.13. The van der Waals surface area contributed by atoms with Gasteiger partial charge in [-0.1, -0.05) is 5.16 Å². The Labute approximate surface area is 164 Å². The number of carbonyl (C=O) groups excluding carboxylic acids is 1. The lowest BCUT2D eigenvalue weighted by molar-refractivity contribution is 0.102. The fraction of sp³-hybridized carbons (Fsp3) is 0.143. The zero-order chi connectivity index (χ0) is 20.1. The molecule has 0 atom stereocenters. The van der Waals surface area contributed by atoms with E-state index in [1.807, 2.05) is 38.1 Å². The third-order valence-corrected chi connectivity index (χ3v) is 4.88. The zero-order valence-corrected chi connectivity index (χ0v) is 16.0. The summed E-state index contributed by atoms with van der Waals surface area (Å²) >= 11 is 0. The fourth-order valence-electron chi connectivity index (χ4n) is 3.52. The van der Waals surface area contributed by atoms with E-state index in [2.05, 4.69) is 25.7 Å². The van der Waals surface area contributed by atoms with Crippen LogP contribution in [0.1, 0.15) is 27.6 Å². The molecule has 0 saturated carbocycles. The number of hydrogen-bond donors (Lipinski definition) is 2. The van der Waals surface area contributed by atoms with E-state index in [4.69, 9.17) is 8.94 Å². The number of carbonyl (C=O) groups is 1. The average Bonchev–Trinajstić information content (AvgIpc) is 3.39. The van der Waals surface area contributed by atoms with Crippen molar-refractivity contribution in [1.29, 1.82) is 0 Å². The second-order valence-corrected chi connectivity index (χ2v) is 6.96. The molecule has 5 rings (SSSR count). The van der Waals surface area contributed by atoms with Crippen LogP contribution in [0.3, 0.4) is 0 Å². The number of amides is 1. The Morgan fingerprint density at radius 3 is 2.79 bits per heavy atom. The molecule has 0 aliphatic heterocycles. The van der Waals surface area contributed by atoms with E-state index in [0.717, 1.165) is 28.0 Å². The van der Waals surface area contributed by atoms with Crippen LogP contribution in [0.15, 0.2) is 45.5 Å². The number of fused-ring (bicyclic) bond motifs is 2. The zero-order valence-electron chi connectivity index (χ0n) is 16.0. The van der Waals surface area contributed by atoms with Crippen molar-refractivity contribution in [3.05, 3.63) is 59.3 Å². The standard InChI is InChI=1S/C21H17N5O3/c1-10-6-15(12(3)28-10)18-8-16(19-11(2)26-29-21(19)24-18)20(27)23-14-4-5-17-13(7-14)9-22-25-17/h4-9H,1-3H3,(H,22,25)(H,23,27). The highest BCUT2D eigenvalue weighted by Gasteiger charge is 2.21. The highest BCUT2D eigenvalue weighted by Crippen LogP contribution is 2.31. The molecule has 0 spiro atoms. The smallest absolute Gasteiger partial charge is 0.259 e. The first kappa shape index (κ1) is 17.2. The number of anilines is 1. The van der Waals surface area contributed by atoms with Gasteiger partial charge in [-0.05, 0) is 51.1 Å². The molecule has 0 bridgehead atoms. The van der Waals surface area contributed by atoms with E-state index in [9.17, 15) is 4.79 Å². The van der Waals surface area contributed by atoms with E-state index in [1.54, 1.807) is 19.2 Å². The van der Waals surface area contributed by atoms with Gasteiger partial charge < -0.3 is 14.3 Å². The van der Waals surface area contributed by atoms with E-state index >= 15 is 0 Å². The maximum absolute atomic E-state index is 13.2. The van der Waals surface area contributed by atoms with Gasteiger partial charge in [0.15, 0.2) is 0 Å². The monoisotopic (exact) mass is 387 g/mol. The molecule has 4 heterocycles. The van der Waals surface area contributed by atoms with Crippen molar-refractivity contribution < 1.29 is 13.7 Å². The van der Waals surface area contributed by atoms with E-state index < -0.39 is 0 Å². The third kappa shape index (κ3) is 2.85. The Bertz CT molecular complexity index is 1390. The molecule has 0 fully saturated rings. The molecule has 8 heteroatoms. The van der Waals surface area contributed by atoms with Crippen molar-refractivity contribution in [3.63, 3.8) is 0 Å². The number of aromatic amines is 1. The minimum Gasteiger partial charge on any atom is -0.466 e. The van der Waals surface area contributed by atoms with Crippen molar-refractivity contribution >= 4 is 33.6 Å². The minimum absolute atomic E-state index is 0.273. The quantitative estimate of drug-likeness (QED) is 0.470. The summed E-state index contributed by atoms with van der Waals surface area (Å²) in [6.07, 6.45) is 1.71. The fourth-order valence-corrected chi connectivity index (χ4v) is 3.52. The third-order valence-electron chi connectivity index (χ3n) is 4.88. The summed E-state index contributed by atoms with van der Waals surface area (Å²) in [6, 6.07) is 9.19. The summed E-state index contributed by atoms with van der Waals surface area (Å²) in [4.78, 5) is 17.7. The first-order chi connectivity index (χ1) is 14.0. The molecular weight excluding hydrogens is 370 g/mol. The van der Waals surface area contributed by atoms with E-state index in [1.165, 1.54) is 0 Å². The Morgan fingerprint density at radius 1 is 1.14 bits per heavy atom. The SMILES string of the molecule is Cc1cc(-c2cc(C(=O)Nc3ccc4[nH]ncc4c3)c3c(C)noc3n2)c(C)o1. The second-order valence-electron chi connectivity index (χ2n) is 6.96. The first-order valence-corrected chi connectivity index (χ1v) is 9.08. The van der Waals surface area contributed by atoms with Crippen LogP contribution in [0.25, 0.3) is 33.3 Å². The minimum atomic E-state index is -0.273. The predicted molar refractivity (Wildman–Crippen MR) is 108 cm³/mol. The summed E-state index contributed by atoms with van der Waals surface area (Å²) in [5.74, 6) is 1.22. The summed E-state index contributed by atoms with van der Waals surface area (Å²) in [5.41, 5.74) is 4.33. The molecular formula is C21H17N5O3. The van der Waals surface area contributed by atoms with Gasteiger partial charge in [-0.15, -0.1) is 0 Å². The van der Waals surface area contributed by atoms with Crippen LogP contribution in [0.5, 0.6) is 0 Å². The number of nitrogens with one attached hydrogen (secondary N) is 2. The van der Waals surface area contributed by atoms with Gasteiger partial charge in [-0.3, -0.25) is 9.89 Å². The number of aromatic nitrogens is 4. The lowest BCUT2D eigenvalue weighted by atomic mass is 10.1. The summed E-state index contributed by atoms with van der Waals surface area (Å²) in [7, 11) is 0. The summed E-state index contributed by atoms with van der Waals surface area (Å²) in [5, 5.41) is 15.3. The number of hydrogen-bond acceptors (Lipinski definition) is 6. The van der Waals surface area contributed by atoms with E-state index in [-0.39, 0.29) is 5.91 Å². The summed E-state index contributed by atoms with van der Waals surface area (Å²) < 4.78 is 11.0. The van der Waals surface area contributed by atoms with Crippen LogP contribution in [0.4, 0.5) is 5.69 Å². The number of H-pyrrole nitrogens is 1. The molecule has 0 aliphatic carbocycles. The van der Waals surface area contributed by atoms with Crippen LogP contribution in [-0.4, -0.2) is 26.2 Å². The van der Waals surface area contributed by atoms with Crippen LogP contribution in [0.2, 0.25) is 0 Å². The van der Waals surface area contributed by atoms with Crippen molar-refractivity contribution in [2.24, 2.45) is 0 Å². The molecule has 8 nitrogen and oxygen atoms in total. The highest BCUT2D eigenvalue weighted by atomic mass is 16.5. The van der Waals surface area contributed by atoms with Crippen LogP contribution < -0.4 is 5.32 Å². The van der Waals surface area contributed by atoms with Gasteiger partial charge in [0, 0.05) is 16.6 Å². The first-order valence-electron chi connectivity index (χ1n) is 9.08.